The van der Waals surface area contributed by atoms with Crippen LogP contribution in [-0.4, -0.2) is 35.1 Å². The molecular weight excluding hydrogens is 556 g/mol. The van der Waals surface area contributed by atoms with Crippen molar-refractivity contribution < 1.29 is 20.1 Å². The van der Waals surface area contributed by atoms with Crippen LogP contribution in [0.15, 0.2) is 24.3 Å². The molecule has 0 aromatic heterocycles. The third-order valence-electron chi connectivity index (χ3n) is 9.23. The minimum absolute atomic E-state index is 0.0788. The van der Waals surface area contributed by atoms with Crippen molar-refractivity contribution in [3.63, 3.8) is 0 Å². The fraction of sp³-hybridized carbons (Fsp3) is 0.707. The monoisotopic (exact) mass is 625 g/mol. The van der Waals surface area contributed by atoms with E-state index >= 15 is 0 Å². The molecule has 0 aliphatic carbocycles. The van der Waals surface area contributed by atoms with Crippen molar-refractivity contribution in [2.24, 2.45) is 5.41 Å². The highest BCUT2D eigenvalue weighted by molar-refractivity contribution is 5.54. The molecule has 2 aromatic rings. The third kappa shape index (κ3) is 8.54. The SMILES string of the molecule is CC(C)(C)c1cc(C(C)(C)C)c(OC(c2c(C(C)(C)C)cc(C(C)(C)C)cc2C(C)(C)C)C(CO)(CO)CO)c(C(C)(C)C)c1. The van der Waals surface area contributed by atoms with Crippen LogP contribution in [0.3, 0.4) is 0 Å². The van der Waals surface area contributed by atoms with Gasteiger partial charge in [-0.15, -0.1) is 0 Å². The minimum Gasteiger partial charge on any atom is -0.484 e. The number of aliphatic hydroxyl groups excluding tert-OH is 3. The number of aliphatic hydroxyl groups is 3. The fourth-order valence-electron chi connectivity index (χ4n) is 5.92. The molecule has 0 amide bonds. The van der Waals surface area contributed by atoms with Crippen molar-refractivity contribution >= 4 is 0 Å². The zero-order valence-electron chi connectivity index (χ0n) is 32.3. The topological polar surface area (TPSA) is 69.9 Å². The summed E-state index contributed by atoms with van der Waals surface area (Å²) < 4.78 is 7.44. The van der Waals surface area contributed by atoms with Crippen molar-refractivity contribution in [1.29, 1.82) is 0 Å². The second-order valence-corrected chi connectivity index (χ2v) is 19.7. The zero-order chi connectivity index (χ0) is 35.4. The summed E-state index contributed by atoms with van der Waals surface area (Å²) in [6, 6.07) is 9.13. The highest BCUT2D eigenvalue weighted by Crippen LogP contribution is 2.51. The largest absolute Gasteiger partial charge is 0.484 e. The van der Waals surface area contributed by atoms with E-state index in [9.17, 15) is 15.3 Å². The summed E-state index contributed by atoms with van der Waals surface area (Å²) in [4.78, 5) is 0. The molecule has 4 heteroatoms. The number of hydrogen-bond donors (Lipinski definition) is 3. The van der Waals surface area contributed by atoms with Gasteiger partial charge in [0.05, 0.1) is 25.2 Å². The van der Waals surface area contributed by atoms with Gasteiger partial charge in [0, 0.05) is 16.7 Å². The Balaban J connectivity index is 3.33. The molecule has 0 radical (unpaired) electrons. The Morgan fingerprint density at radius 3 is 0.933 bits per heavy atom. The highest BCUT2D eigenvalue weighted by atomic mass is 16.5. The Labute approximate surface area is 277 Å². The van der Waals surface area contributed by atoms with E-state index in [-0.39, 0.29) is 32.5 Å². The first-order chi connectivity index (χ1) is 20.0. The number of ether oxygens (including phenoxy) is 1. The molecule has 0 saturated heterocycles. The predicted molar refractivity (Wildman–Crippen MR) is 192 cm³/mol. The van der Waals surface area contributed by atoms with Crippen molar-refractivity contribution in [1.82, 2.24) is 0 Å². The molecule has 0 heterocycles. The van der Waals surface area contributed by atoms with Crippen LogP contribution in [-0.2, 0) is 32.5 Å². The number of benzene rings is 2. The Kier molecular flexibility index (Phi) is 11.0. The molecule has 3 N–H and O–H groups in total. The van der Waals surface area contributed by atoms with Crippen LogP contribution < -0.4 is 4.74 Å². The molecule has 2 aromatic carbocycles. The summed E-state index contributed by atoms with van der Waals surface area (Å²) >= 11 is 0. The van der Waals surface area contributed by atoms with E-state index in [0.717, 1.165) is 33.6 Å². The van der Waals surface area contributed by atoms with Crippen LogP contribution in [0.4, 0.5) is 0 Å². The van der Waals surface area contributed by atoms with Crippen LogP contribution >= 0.6 is 0 Å². The zero-order valence-corrected chi connectivity index (χ0v) is 32.3. The molecule has 1 unspecified atom stereocenters. The Morgan fingerprint density at radius 2 is 0.711 bits per heavy atom. The van der Waals surface area contributed by atoms with Gasteiger partial charge in [-0.25, -0.2) is 0 Å². The first kappa shape index (κ1) is 39.3. The maximum absolute atomic E-state index is 11.1. The van der Waals surface area contributed by atoms with Gasteiger partial charge in [-0.3, -0.25) is 0 Å². The van der Waals surface area contributed by atoms with Gasteiger partial charge in [-0.2, -0.15) is 0 Å². The molecule has 0 fully saturated rings. The molecule has 0 bridgehead atoms. The Morgan fingerprint density at radius 1 is 0.444 bits per heavy atom. The average Bonchev–Trinajstić information content (AvgIpc) is 2.84. The van der Waals surface area contributed by atoms with Crippen molar-refractivity contribution in [3.8, 4) is 5.75 Å². The van der Waals surface area contributed by atoms with E-state index in [4.69, 9.17) is 4.74 Å². The first-order valence-electron chi connectivity index (χ1n) is 16.8. The number of hydrogen-bond acceptors (Lipinski definition) is 4. The van der Waals surface area contributed by atoms with Gasteiger partial charge in [0.2, 0.25) is 0 Å². The van der Waals surface area contributed by atoms with E-state index in [1.165, 1.54) is 11.1 Å². The van der Waals surface area contributed by atoms with E-state index in [1.807, 2.05) is 0 Å². The lowest BCUT2D eigenvalue weighted by Gasteiger charge is -2.44. The van der Waals surface area contributed by atoms with E-state index in [2.05, 4.69) is 149 Å². The smallest absolute Gasteiger partial charge is 0.137 e. The van der Waals surface area contributed by atoms with Gasteiger partial charge in [-0.05, 0) is 54.7 Å². The molecular formula is C41H68O4. The first-order valence-corrected chi connectivity index (χ1v) is 16.8. The third-order valence-corrected chi connectivity index (χ3v) is 9.23. The molecule has 0 aliphatic rings. The number of rotatable bonds is 7. The molecule has 1 atom stereocenters. The summed E-state index contributed by atoms with van der Waals surface area (Å²) in [6.45, 7) is 38.6. The Bertz CT molecular complexity index is 1240. The summed E-state index contributed by atoms with van der Waals surface area (Å²) in [5, 5.41) is 33.2. The van der Waals surface area contributed by atoms with Gasteiger partial charge >= 0.3 is 0 Å². The maximum Gasteiger partial charge on any atom is 0.137 e. The standard InChI is InChI=1S/C41H68O4/c1-35(2,3)26-19-28(37(7,8)9)32(29(20-26)38(10,11)12)34(41(23-42,24-43)25-44)45-33-30(39(13,14)15)21-27(36(4,5)6)22-31(33)40(16,17)18/h19-22,34,42-44H,23-25H2,1-18H3. The quantitative estimate of drug-likeness (QED) is 0.287. The lowest BCUT2D eigenvalue weighted by Crippen LogP contribution is -2.45. The summed E-state index contributed by atoms with van der Waals surface area (Å²) in [5.41, 5.74) is 5.12. The second kappa shape index (κ2) is 12.6. The summed E-state index contributed by atoms with van der Waals surface area (Å²) in [5.74, 6) is 0.771. The summed E-state index contributed by atoms with van der Waals surface area (Å²) in [6.07, 6.45) is -0.836. The molecule has 45 heavy (non-hydrogen) atoms. The van der Waals surface area contributed by atoms with Crippen LogP contribution in [0.2, 0.25) is 0 Å². The van der Waals surface area contributed by atoms with Gasteiger partial charge in [-0.1, -0.05) is 149 Å². The maximum atomic E-state index is 11.1. The summed E-state index contributed by atoms with van der Waals surface area (Å²) in [7, 11) is 0. The lowest BCUT2D eigenvalue weighted by molar-refractivity contribution is -0.0761. The lowest BCUT2D eigenvalue weighted by atomic mass is 9.67. The van der Waals surface area contributed by atoms with Crippen LogP contribution in [0.5, 0.6) is 5.75 Å². The molecule has 0 spiro atoms. The van der Waals surface area contributed by atoms with Gasteiger partial charge in [0.25, 0.3) is 0 Å². The van der Waals surface area contributed by atoms with Gasteiger partial charge in [0.15, 0.2) is 0 Å². The molecule has 2 rings (SSSR count). The van der Waals surface area contributed by atoms with Crippen molar-refractivity contribution in [2.45, 2.75) is 163 Å². The molecule has 256 valence electrons. The van der Waals surface area contributed by atoms with Crippen LogP contribution in [0.1, 0.15) is 170 Å². The minimum atomic E-state index is -1.35. The van der Waals surface area contributed by atoms with Crippen LogP contribution in [0, 0.1) is 5.41 Å². The van der Waals surface area contributed by atoms with E-state index < -0.39 is 31.3 Å². The predicted octanol–water partition coefficient (Wildman–Crippen LogP) is 9.55. The average molecular weight is 625 g/mol. The van der Waals surface area contributed by atoms with Gasteiger partial charge in [0.1, 0.15) is 11.9 Å². The molecule has 0 aliphatic heterocycles. The van der Waals surface area contributed by atoms with E-state index in [1.54, 1.807) is 0 Å². The molecule has 4 nitrogen and oxygen atoms in total. The van der Waals surface area contributed by atoms with E-state index in [0.29, 0.717) is 0 Å². The van der Waals surface area contributed by atoms with Crippen LogP contribution in [0.25, 0.3) is 0 Å². The Hall–Kier alpha value is -1.88. The normalized spacial score (nSPS) is 15.0. The highest BCUT2D eigenvalue weighted by Gasteiger charge is 2.46. The fourth-order valence-corrected chi connectivity index (χ4v) is 5.92. The van der Waals surface area contributed by atoms with Crippen molar-refractivity contribution in [3.05, 3.63) is 63.2 Å². The second-order valence-electron chi connectivity index (χ2n) is 19.7. The molecule has 0 saturated carbocycles. The van der Waals surface area contributed by atoms with Gasteiger partial charge < -0.3 is 20.1 Å². The van der Waals surface area contributed by atoms with Crippen molar-refractivity contribution in [2.75, 3.05) is 19.8 Å².